The molecule has 0 rings (SSSR count). The molecule has 0 aliphatic heterocycles. The molecule has 1 nitrogen and oxygen atoms in total. The van der Waals surface area contributed by atoms with Crippen LogP contribution in [0.1, 0.15) is 34.6 Å². The first-order valence-corrected chi connectivity index (χ1v) is 10.3. The van der Waals surface area contributed by atoms with E-state index in [1.54, 1.807) is 11.8 Å². The van der Waals surface area contributed by atoms with Gasteiger partial charge in [0, 0.05) is 9.95 Å². The first-order valence-electron chi connectivity index (χ1n) is 6.04. The summed E-state index contributed by atoms with van der Waals surface area (Å²) in [5.74, 6) is 0.945. The van der Waals surface area contributed by atoms with Gasteiger partial charge in [0.2, 0.25) is 0 Å². The third-order valence-electron chi connectivity index (χ3n) is 3.08. The molecule has 0 aromatic carbocycles. The van der Waals surface area contributed by atoms with E-state index in [-0.39, 0.29) is 11.1 Å². The summed E-state index contributed by atoms with van der Waals surface area (Å²) in [5.41, 5.74) is 0. The molecule has 0 N–H and O–H groups in total. The third-order valence-corrected chi connectivity index (χ3v) is 8.77. The van der Waals surface area contributed by atoms with Crippen molar-refractivity contribution in [1.29, 1.82) is 0 Å². The number of rotatable bonds is 5. The smallest absolute Gasteiger partial charge is 0.192 e. The lowest BCUT2D eigenvalue weighted by Crippen LogP contribution is -2.42. The van der Waals surface area contributed by atoms with Gasteiger partial charge in [-0.05, 0) is 32.0 Å². The van der Waals surface area contributed by atoms with Crippen LogP contribution in [0.5, 0.6) is 0 Å². The van der Waals surface area contributed by atoms with Crippen molar-refractivity contribution in [1.82, 2.24) is 0 Å². The molecule has 0 aromatic rings. The van der Waals surface area contributed by atoms with Crippen molar-refractivity contribution in [2.75, 3.05) is 5.75 Å². The van der Waals surface area contributed by atoms with Crippen molar-refractivity contribution in [3.05, 3.63) is 12.2 Å². The summed E-state index contributed by atoms with van der Waals surface area (Å²) in [7, 11) is -1.63. The molecule has 4 heteroatoms. The minimum Gasteiger partial charge on any atom is -0.411 e. The molecule has 0 fully saturated rings. The molecule has 0 aliphatic rings. The fourth-order valence-corrected chi connectivity index (χ4v) is 3.10. The topological polar surface area (TPSA) is 9.23 Å². The molecule has 17 heavy (non-hydrogen) atoms. The lowest BCUT2D eigenvalue weighted by Gasteiger charge is -2.37. The Kier molecular flexibility index (Phi) is 7.22. The van der Waals surface area contributed by atoms with Gasteiger partial charge in [0.1, 0.15) is 0 Å². The molecule has 0 radical (unpaired) electrons. The SMILES string of the molecule is CC(=S)SC/C=C/C(C)O[Si](C)(C)C(C)(C)C. The van der Waals surface area contributed by atoms with Gasteiger partial charge in [0.05, 0.1) is 6.10 Å². The minimum atomic E-state index is -1.63. The Hall–Kier alpha value is 0.357. The van der Waals surface area contributed by atoms with Gasteiger partial charge in [-0.25, -0.2) is 0 Å². The quantitative estimate of drug-likeness (QED) is 0.399. The van der Waals surface area contributed by atoms with Crippen LogP contribution in [0.15, 0.2) is 12.2 Å². The fourth-order valence-electron chi connectivity index (χ4n) is 1.09. The van der Waals surface area contributed by atoms with E-state index in [2.05, 4.69) is 52.9 Å². The monoisotopic (exact) mass is 290 g/mol. The second-order valence-electron chi connectivity index (χ2n) is 5.81. The molecule has 0 spiro atoms. The summed E-state index contributed by atoms with van der Waals surface area (Å²) in [6.07, 6.45) is 4.49. The van der Waals surface area contributed by atoms with Gasteiger partial charge in [-0.1, -0.05) is 45.1 Å². The Morgan fingerprint density at radius 1 is 1.41 bits per heavy atom. The van der Waals surface area contributed by atoms with Crippen LogP contribution < -0.4 is 0 Å². The highest BCUT2D eigenvalue weighted by molar-refractivity contribution is 8.23. The van der Waals surface area contributed by atoms with Crippen LogP contribution in [0.2, 0.25) is 18.1 Å². The maximum Gasteiger partial charge on any atom is 0.192 e. The average Bonchev–Trinajstić information content (AvgIpc) is 2.09. The van der Waals surface area contributed by atoms with Gasteiger partial charge in [-0.2, -0.15) is 0 Å². The standard InChI is InChI=1S/C13H26OS2Si/c1-11(9-8-10-16-12(2)15)14-17(6,7)13(3,4)5/h8-9,11H,10H2,1-7H3/b9-8+. The number of hydrogen-bond donors (Lipinski definition) is 0. The molecule has 0 bridgehead atoms. The maximum absolute atomic E-state index is 6.22. The average molecular weight is 291 g/mol. The Morgan fingerprint density at radius 3 is 2.35 bits per heavy atom. The van der Waals surface area contributed by atoms with Crippen molar-refractivity contribution in [3.8, 4) is 0 Å². The van der Waals surface area contributed by atoms with Crippen molar-refractivity contribution in [3.63, 3.8) is 0 Å². The van der Waals surface area contributed by atoms with Crippen LogP contribution in [0.25, 0.3) is 0 Å². The van der Waals surface area contributed by atoms with Gasteiger partial charge >= 0.3 is 0 Å². The van der Waals surface area contributed by atoms with E-state index in [0.717, 1.165) is 9.95 Å². The zero-order valence-corrected chi connectivity index (χ0v) is 14.8. The second-order valence-corrected chi connectivity index (χ2v) is 12.7. The second kappa shape index (κ2) is 7.07. The molecule has 0 aromatic heterocycles. The van der Waals surface area contributed by atoms with Crippen molar-refractivity contribution >= 4 is 36.5 Å². The molecule has 0 aliphatic carbocycles. The molecule has 1 unspecified atom stereocenters. The summed E-state index contributed by atoms with van der Waals surface area (Å²) < 4.78 is 7.21. The predicted molar refractivity (Wildman–Crippen MR) is 87.6 cm³/mol. The van der Waals surface area contributed by atoms with Gasteiger partial charge < -0.3 is 4.43 Å². The lowest BCUT2D eigenvalue weighted by atomic mass is 10.2. The van der Waals surface area contributed by atoms with Crippen molar-refractivity contribution in [2.45, 2.75) is 58.9 Å². The van der Waals surface area contributed by atoms with Crippen LogP contribution >= 0.6 is 24.0 Å². The van der Waals surface area contributed by atoms with Crippen LogP contribution in [0, 0.1) is 0 Å². The van der Waals surface area contributed by atoms with E-state index in [1.165, 1.54) is 0 Å². The van der Waals surface area contributed by atoms with Gasteiger partial charge in [0.25, 0.3) is 0 Å². The predicted octanol–water partition coefficient (Wildman–Crippen LogP) is 5.03. The summed E-state index contributed by atoms with van der Waals surface area (Å²) >= 11 is 6.71. The summed E-state index contributed by atoms with van der Waals surface area (Å²) in [5, 5.41) is 0.273. The molecular weight excluding hydrogens is 264 g/mol. The number of thiocarbonyl (C=S) groups is 1. The third kappa shape index (κ3) is 7.39. The van der Waals surface area contributed by atoms with Crippen molar-refractivity contribution in [2.24, 2.45) is 0 Å². The van der Waals surface area contributed by atoms with Crippen LogP contribution in [0.4, 0.5) is 0 Å². The molecule has 0 heterocycles. The fraction of sp³-hybridized carbons (Fsp3) is 0.769. The summed E-state index contributed by atoms with van der Waals surface area (Å²) in [6.45, 7) is 15.4. The van der Waals surface area contributed by atoms with Crippen molar-refractivity contribution < 1.29 is 4.43 Å². The lowest BCUT2D eigenvalue weighted by molar-refractivity contribution is 0.243. The van der Waals surface area contributed by atoms with E-state index in [1.807, 2.05) is 6.92 Å². The number of thioether (sulfide) groups is 1. The zero-order chi connectivity index (χ0) is 13.7. The largest absolute Gasteiger partial charge is 0.411 e. The first-order chi connectivity index (χ1) is 7.56. The molecule has 0 amide bonds. The Labute approximate surface area is 118 Å². The summed E-state index contributed by atoms with van der Waals surface area (Å²) in [4.78, 5) is 0. The molecule has 0 saturated carbocycles. The minimum absolute atomic E-state index is 0.196. The highest BCUT2D eigenvalue weighted by Gasteiger charge is 2.37. The Morgan fingerprint density at radius 2 is 1.94 bits per heavy atom. The Balaban J connectivity index is 4.18. The van der Waals surface area contributed by atoms with Gasteiger partial charge in [-0.3, -0.25) is 0 Å². The molecule has 0 saturated heterocycles. The highest BCUT2D eigenvalue weighted by Crippen LogP contribution is 2.37. The zero-order valence-electron chi connectivity index (χ0n) is 12.2. The first kappa shape index (κ1) is 17.4. The molecular formula is C13H26OS2Si. The normalized spacial score (nSPS) is 15.2. The molecule has 100 valence electrons. The van der Waals surface area contributed by atoms with Gasteiger partial charge in [0.15, 0.2) is 8.32 Å². The van der Waals surface area contributed by atoms with E-state index >= 15 is 0 Å². The van der Waals surface area contributed by atoms with E-state index in [9.17, 15) is 0 Å². The molecule has 1 atom stereocenters. The Bertz CT molecular complexity index is 280. The van der Waals surface area contributed by atoms with Gasteiger partial charge in [-0.15, -0.1) is 11.8 Å². The van der Waals surface area contributed by atoms with Crippen LogP contribution in [-0.4, -0.2) is 24.4 Å². The van der Waals surface area contributed by atoms with E-state index < -0.39 is 8.32 Å². The van der Waals surface area contributed by atoms with Crippen LogP contribution in [0.3, 0.4) is 0 Å². The van der Waals surface area contributed by atoms with E-state index in [4.69, 9.17) is 16.6 Å². The maximum atomic E-state index is 6.22. The van der Waals surface area contributed by atoms with Crippen LogP contribution in [-0.2, 0) is 4.43 Å². The highest BCUT2D eigenvalue weighted by atomic mass is 32.2. The number of hydrogen-bond acceptors (Lipinski definition) is 3. The van der Waals surface area contributed by atoms with E-state index in [0.29, 0.717) is 0 Å². The summed E-state index contributed by atoms with van der Waals surface area (Å²) in [6, 6.07) is 0.